The van der Waals surface area contributed by atoms with E-state index in [1.165, 1.54) is 5.56 Å². The van der Waals surface area contributed by atoms with Gasteiger partial charge in [-0.3, -0.25) is 24.0 Å². The first-order valence-electron chi connectivity index (χ1n) is 25.3. The van der Waals surface area contributed by atoms with Crippen molar-refractivity contribution < 1.29 is 57.1 Å². The van der Waals surface area contributed by atoms with Crippen LogP contribution in [0.3, 0.4) is 0 Å². The topological polar surface area (TPSA) is 189 Å². The standard InChI is InChI=1S/C52H77ClN4O12S/c1-38(2)49(52(62)57-19-16-40(17-20-57)39-12-14-44(53)15-13-39)56-51(61)42-8-5-7-41(35-42)45(58)9-6-21-63-23-25-65-27-29-67-31-33-69-34-32-68-30-28-66-26-24-64-22-18-54-47(59)11-4-3-10-46-50-43(37-70-46)36-48(60)55-50/h5,7-8,12-15,35,38,40,43,46,49-50H,3-4,6,9-11,16-34,36-37H2,1-2H3,(H,54,59)(H,55,60)(H,56,61)/t43-,46-,49+,50-/m0/s1. The van der Waals surface area contributed by atoms with Crippen molar-refractivity contribution in [3.63, 3.8) is 0 Å². The lowest BCUT2D eigenvalue weighted by Crippen LogP contribution is -2.52. The van der Waals surface area contributed by atoms with Crippen molar-refractivity contribution in [3.05, 3.63) is 70.2 Å². The fraction of sp³-hybridized carbons (Fsp3) is 0.673. The molecule has 2 aromatic carbocycles. The average Bonchev–Trinajstić information content (AvgIpc) is 3.93. The van der Waals surface area contributed by atoms with Crippen LogP contribution < -0.4 is 16.0 Å². The summed E-state index contributed by atoms with van der Waals surface area (Å²) in [6, 6.07) is 14.2. The Morgan fingerprint density at radius 2 is 1.30 bits per heavy atom. The van der Waals surface area contributed by atoms with Gasteiger partial charge in [0.1, 0.15) is 6.04 Å². The molecule has 16 nitrogen and oxygen atoms in total. The lowest BCUT2D eigenvalue weighted by Gasteiger charge is -2.35. The number of thioether (sulfide) groups is 1. The Morgan fingerprint density at radius 1 is 0.729 bits per heavy atom. The molecule has 0 radical (unpaired) electrons. The fourth-order valence-corrected chi connectivity index (χ4v) is 10.5. The SMILES string of the molecule is CC(C)[C@@H](NC(=O)c1cccc(C(=O)CCCOCCOCCOCCOCCOCCOCCOCCNC(=O)CCCC[C@@H]2SC[C@@H]3CC(=O)N[C@@H]32)c1)C(=O)N1CCC(c2ccc(Cl)cc2)CC1. The second-order valence-electron chi connectivity index (χ2n) is 18.3. The van der Waals surface area contributed by atoms with E-state index in [-0.39, 0.29) is 41.8 Å². The number of nitrogens with one attached hydrogen (secondary N) is 3. The number of piperidine rings is 1. The maximum atomic E-state index is 13.6. The number of carbonyl (C=O) groups excluding carboxylic acids is 5. The number of unbranched alkanes of at least 4 members (excludes halogenated alkanes) is 1. The number of likely N-dealkylation sites (tertiary alicyclic amines) is 1. The third-order valence-corrected chi connectivity index (χ3v) is 14.5. The molecule has 18 heteroatoms. The maximum Gasteiger partial charge on any atom is 0.251 e. The van der Waals surface area contributed by atoms with Gasteiger partial charge >= 0.3 is 0 Å². The predicted molar refractivity (Wildman–Crippen MR) is 270 cm³/mol. The highest BCUT2D eigenvalue weighted by Gasteiger charge is 2.42. The molecule has 3 saturated heterocycles. The molecule has 5 rings (SSSR count). The van der Waals surface area contributed by atoms with Gasteiger partial charge < -0.3 is 54.0 Å². The summed E-state index contributed by atoms with van der Waals surface area (Å²) in [5, 5.41) is 10.2. The first kappa shape index (κ1) is 57.3. The van der Waals surface area contributed by atoms with Crippen molar-refractivity contribution in [2.75, 3.05) is 118 Å². The monoisotopic (exact) mass is 1020 g/mol. The molecule has 2 aromatic rings. The van der Waals surface area contributed by atoms with Crippen molar-refractivity contribution in [2.24, 2.45) is 11.8 Å². The number of fused-ring (bicyclic) bond motifs is 1. The van der Waals surface area contributed by atoms with Gasteiger partial charge in [0.25, 0.3) is 5.91 Å². The van der Waals surface area contributed by atoms with Crippen molar-refractivity contribution in [1.29, 1.82) is 0 Å². The van der Waals surface area contributed by atoms with Crippen LogP contribution in [0.15, 0.2) is 48.5 Å². The summed E-state index contributed by atoms with van der Waals surface area (Å²) < 4.78 is 38.9. The van der Waals surface area contributed by atoms with Crippen LogP contribution in [-0.4, -0.2) is 170 Å². The Labute approximate surface area is 424 Å². The summed E-state index contributed by atoms with van der Waals surface area (Å²) in [5.74, 6) is 1.47. The number of amides is 4. The number of hydrogen-bond acceptors (Lipinski definition) is 13. The minimum Gasteiger partial charge on any atom is -0.379 e. The van der Waals surface area contributed by atoms with Crippen LogP contribution in [0.2, 0.25) is 5.02 Å². The van der Waals surface area contributed by atoms with E-state index in [4.69, 9.17) is 44.8 Å². The van der Waals surface area contributed by atoms with Crippen molar-refractivity contribution >= 4 is 52.8 Å². The lowest BCUT2D eigenvalue weighted by atomic mass is 9.89. The number of halogens is 1. The van der Waals surface area contributed by atoms with E-state index in [1.54, 1.807) is 24.3 Å². The summed E-state index contributed by atoms with van der Waals surface area (Å²) >= 11 is 8.02. The number of benzene rings is 2. The van der Waals surface area contributed by atoms with E-state index in [0.717, 1.165) is 37.9 Å². The zero-order chi connectivity index (χ0) is 49.8. The predicted octanol–water partition coefficient (Wildman–Crippen LogP) is 5.88. The summed E-state index contributed by atoms with van der Waals surface area (Å²) in [7, 11) is 0. The van der Waals surface area contributed by atoms with Gasteiger partial charge in [0.2, 0.25) is 17.7 Å². The summed E-state index contributed by atoms with van der Waals surface area (Å²) in [4.78, 5) is 65.5. The van der Waals surface area contributed by atoms with Crippen molar-refractivity contribution in [1.82, 2.24) is 20.9 Å². The van der Waals surface area contributed by atoms with Gasteiger partial charge in [-0.05, 0) is 85.4 Å². The summed E-state index contributed by atoms with van der Waals surface area (Å²) in [5.41, 5.74) is 2.01. The van der Waals surface area contributed by atoms with E-state index in [9.17, 15) is 24.0 Å². The molecule has 3 aliphatic heterocycles. The molecular formula is C52H77ClN4O12S. The van der Waals surface area contributed by atoms with E-state index in [0.29, 0.717) is 171 Å². The van der Waals surface area contributed by atoms with Gasteiger partial charge in [-0.25, -0.2) is 0 Å². The lowest BCUT2D eigenvalue weighted by molar-refractivity contribution is -0.135. The maximum absolute atomic E-state index is 13.6. The molecule has 3 N–H and O–H groups in total. The minimum absolute atomic E-state index is 0.0440. The van der Waals surface area contributed by atoms with E-state index in [2.05, 4.69) is 16.0 Å². The minimum atomic E-state index is -0.676. The largest absolute Gasteiger partial charge is 0.379 e. The Bertz CT molecular complexity index is 1870. The van der Waals surface area contributed by atoms with Crippen LogP contribution in [0.4, 0.5) is 0 Å². The molecule has 0 saturated carbocycles. The third-order valence-electron chi connectivity index (χ3n) is 12.7. The van der Waals surface area contributed by atoms with Crippen molar-refractivity contribution in [3.8, 4) is 0 Å². The first-order chi connectivity index (χ1) is 34.1. The van der Waals surface area contributed by atoms with Crippen LogP contribution >= 0.6 is 23.4 Å². The Morgan fingerprint density at radius 3 is 1.90 bits per heavy atom. The van der Waals surface area contributed by atoms with E-state index < -0.39 is 6.04 Å². The number of rotatable bonds is 36. The number of hydrogen-bond donors (Lipinski definition) is 3. The molecule has 4 amide bonds. The molecule has 0 unspecified atom stereocenters. The summed E-state index contributed by atoms with van der Waals surface area (Å²) in [6.07, 6.45) is 6.56. The molecule has 4 atom stereocenters. The van der Waals surface area contributed by atoms with E-state index in [1.807, 2.05) is 54.8 Å². The highest BCUT2D eigenvalue weighted by Crippen LogP contribution is 2.39. The molecule has 0 aliphatic carbocycles. The van der Waals surface area contributed by atoms with Gasteiger partial charge in [0.05, 0.1) is 85.9 Å². The number of Topliss-reactive ketones (excluding diaryl/α,β-unsaturated/α-hetero) is 1. The second kappa shape index (κ2) is 33.2. The molecule has 70 heavy (non-hydrogen) atoms. The van der Waals surface area contributed by atoms with Crippen LogP contribution in [0.1, 0.15) is 104 Å². The van der Waals surface area contributed by atoms with Gasteiger partial charge in [-0.2, -0.15) is 11.8 Å². The quantitative estimate of drug-likeness (QED) is 0.0543. The normalized spacial score (nSPS) is 18.5. The van der Waals surface area contributed by atoms with Crippen LogP contribution in [0, 0.1) is 11.8 Å². The van der Waals surface area contributed by atoms with Crippen molar-refractivity contribution in [2.45, 2.75) is 94.9 Å². The van der Waals surface area contributed by atoms with Crippen LogP contribution in [0.25, 0.3) is 0 Å². The Kier molecular flexibility index (Phi) is 27.1. The number of carbonyl (C=O) groups is 5. The van der Waals surface area contributed by atoms with Gasteiger partial charge in [-0.1, -0.05) is 56.1 Å². The highest BCUT2D eigenvalue weighted by atomic mass is 35.5. The Balaban J connectivity index is 0.752. The highest BCUT2D eigenvalue weighted by molar-refractivity contribution is 8.00. The molecular weight excluding hydrogens is 940 g/mol. The van der Waals surface area contributed by atoms with E-state index >= 15 is 0 Å². The molecule has 3 fully saturated rings. The number of ketones is 1. The number of ether oxygens (including phenoxy) is 7. The molecule has 0 aromatic heterocycles. The Hall–Kier alpha value is -3.65. The second-order valence-corrected chi connectivity index (χ2v) is 20.0. The zero-order valence-electron chi connectivity index (χ0n) is 41.3. The summed E-state index contributed by atoms with van der Waals surface area (Å²) in [6.45, 7) is 11.7. The number of nitrogens with zero attached hydrogens (tertiary/aromatic N) is 1. The molecule has 3 heterocycles. The molecule has 0 bridgehead atoms. The smallest absolute Gasteiger partial charge is 0.251 e. The van der Waals surface area contributed by atoms with Gasteiger partial charge in [0, 0.05) is 72.9 Å². The fourth-order valence-electron chi connectivity index (χ4n) is 8.72. The van der Waals surface area contributed by atoms with Gasteiger partial charge in [0.15, 0.2) is 5.78 Å². The van der Waals surface area contributed by atoms with Crippen LogP contribution in [0.5, 0.6) is 0 Å². The third kappa shape index (κ3) is 21.2. The zero-order valence-corrected chi connectivity index (χ0v) is 42.9. The molecule has 390 valence electrons. The molecule has 0 spiro atoms. The van der Waals surface area contributed by atoms with Crippen LogP contribution in [-0.2, 0) is 47.5 Å². The molecule has 3 aliphatic rings. The first-order valence-corrected chi connectivity index (χ1v) is 26.7. The van der Waals surface area contributed by atoms with Gasteiger partial charge in [-0.15, -0.1) is 0 Å². The average molecular weight is 1020 g/mol.